The van der Waals surface area contributed by atoms with Crippen LogP contribution in [0.4, 0.5) is 0 Å². The maximum Gasteiger partial charge on any atom is 0.213 e. The quantitative estimate of drug-likeness (QED) is 0.322. The number of nitrogens with two attached hydrogens (primary N) is 1. The second-order valence-corrected chi connectivity index (χ2v) is 10.6. The minimum absolute atomic E-state index is 0.0591. The van der Waals surface area contributed by atoms with Crippen LogP contribution in [0, 0.1) is 29.6 Å². The fraction of sp³-hybridized carbons (Fsp3) is 0.920. The molecule has 1 saturated carbocycles. The summed E-state index contributed by atoms with van der Waals surface area (Å²) in [6.07, 6.45) is 14.4. The predicted octanol–water partition coefficient (Wildman–Crippen LogP) is 4.38. The molecule has 1 heterocycles. The van der Waals surface area contributed by atoms with E-state index >= 15 is 0 Å². The van der Waals surface area contributed by atoms with Gasteiger partial charge in [-0.05, 0) is 88.4 Å². The molecule has 2 aliphatic carbocycles. The van der Waals surface area contributed by atoms with Gasteiger partial charge in [0.25, 0.3) is 0 Å². The first kappa shape index (κ1) is 24.2. The van der Waals surface area contributed by atoms with E-state index in [-0.39, 0.29) is 5.66 Å². The van der Waals surface area contributed by atoms with Crippen LogP contribution in [-0.2, 0) is 9.47 Å². The Labute approximate surface area is 184 Å². The fourth-order valence-corrected chi connectivity index (χ4v) is 6.15. The lowest BCUT2D eigenvalue weighted by Crippen LogP contribution is -2.72. The number of methoxy groups -OCH3 is 1. The molecule has 1 unspecified atom stereocenters. The zero-order valence-electron chi connectivity index (χ0n) is 20.0. The average molecular weight is 422 g/mol. The van der Waals surface area contributed by atoms with Crippen LogP contribution in [0.25, 0.3) is 0 Å². The maximum absolute atomic E-state index is 5.68. The van der Waals surface area contributed by atoms with Crippen LogP contribution < -0.4 is 16.4 Å². The molecule has 3 rings (SSSR count). The summed E-state index contributed by atoms with van der Waals surface area (Å²) < 4.78 is 10.5. The van der Waals surface area contributed by atoms with E-state index in [0.717, 1.165) is 17.8 Å². The molecule has 0 amide bonds. The number of hydrogen-bond donors (Lipinski definition) is 3. The molecule has 30 heavy (non-hydrogen) atoms. The zero-order chi connectivity index (χ0) is 21.7. The Bertz CT molecular complexity index is 557. The summed E-state index contributed by atoms with van der Waals surface area (Å²) in [5.41, 5.74) is 5.74. The monoisotopic (exact) mass is 421 g/mol. The summed E-state index contributed by atoms with van der Waals surface area (Å²) in [6, 6.07) is 1.21. The molecule has 5 heteroatoms. The van der Waals surface area contributed by atoms with Gasteiger partial charge >= 0.3 is 0 Å². The van der Waals surface area contributed by atoms with Crippen molar-refractivity contribution < 1.29 is 9.47 Å². The van der Waals surface area contributed by atoms with E-state index in [1.54, 1.807) is 7.11 Å². The Morgan fingerprint density at radius 2 is 1.93 bits per heavy atom. The lowest BCUT2D eigenvalue weighted by atomic mass is 9.75. The molecule has 0 bridgehead atoms. The summed E-state index contributed by atoms with van der Waals surface area (Å²) in [7, 11) is 1.58. The number of fused-ring (bicyclic) bond motifs is 1. The molecular weight excluding hydrogens is 374 g/mol. The van der Waals surface area contributed by atoms with Crippen LogP contribution in [-0.4, -0.2) is 37.9 Å². The summed E-state index contributed by atoms with van der Waals surface area (Å²) >= 11 is 0. The first-order chi connectivity index (χ1) is 14.4. The molecule has 2 fully saturated rings. The standard InChI is InChI=1S/C25H47N3O2/c1-6-9-21(25(4)27-18(3)22-10-7-8-11-23(22)28-25)13-12-19-15-20(19)14-17(2)16-30-24(26)29-5/h7-8,17-24,27-28H,6,9-16,26H2,1-5H3/t17-,18-,19-,20?,21-,22+,23+,24-,25+/m1/s1. The van der Waals surface area contributed by atoms with Crippen molar-refractivity contribution in [3.05, 3.63) is 12.2 Å². The number of rotatable bonds is 12. The van der Waals surface area contributed by atoms with E-state index in [4.69, 9.17) is 15.2 Å². The highest BCUT2D eigenvalue weighted by atomic mass is 16.7. The Balaban J connectivity index is 1.46. The molecular formula is C25H47N3O2. The SMILES string of the molecule is CCC[C@H](CC[C@@H]1CC1C[C@@H](C)CO[C@H](N)OC)[C@]1(C)N[C@H]2CC=CC[C@H]2[C@@H](C)N1. The second-order valence-electron chi connectivity index (χ2n) is 10.6. The van der Waals surface area contributed by atoms with Crippen molar-refractivity contribution in [3.8, 4) is 0 Å². The van der Waals surface area contributed by atoms with E-state index in [1.807, 2.05) is 0 Å². The first-order valence-electron chi connectivity index (χ1n) is 12.5. The summed E-state index contributed by atoms with van der Waals surface area (Å²) in [6.45, 7) is 10.1. The van der Waals surface area contributed by atoms with Gasteiger partial charge in [-0.15, -0.1) is 0 Å². The lowest BCUT2D eigenvalue weighted by Gasteiger charge is -2.53. The molecule has 5 nitrogen and oxygen atoms in total. The molecule has 0 radical (unpaired) electrons. The Kier molecular flexibility index (Phi) is 8.80. The van der Waals surface area contributed by atoms with Gasteiger partial charge < -0.3 is 9.47 Å². The smallest absolute Gasteiger partial charge is 0.213 e. The second kappa shape index (κ2) is 10.9. The van der Waals surface area contributed by atoms with E-state index in [2.05, 4.69) is 50.5 Å². The van der Waals surface area contributed by atoms with Gasteiger partial charge in [0.1, 0.15) is 0 Å². The lowest BCUT2D eigenvalue weighted by molar-refractivity contribution is -0.127. The summed E-state index contributed by atoms with van der Waals surface area (Å²) in [5.74, 6) is 3.74. The number of nitrogens with one attached hydrogen (secondary N) is 2. The number of allylic oxidation sites excluding steroid dienone is 1. The fourth-order valence-electron chi connectivity index (χ4n) is 6.15. The molecule has 4 N–H and O–H groups in total. The number of ether oxygens (including phenoxy) is 2. The van der Waals surface area contributed by atoms with Crippen LogP contribution in [0.5, 0.6) is 0 Å². The third kappa shape index (κ3) is 6.29. The van der Waals surface area contributed by atoms with Gasteiger partial charge in [-0.1, -0.05) is 32.4 Å². The molecule has 9 atom stereocenters. The van der Waals surface area contributed by atoms with Crippen LogP contribution >= 0.6 is 0 Å². The summed E-state index contributed by atoms with van der Waals surface area (Å²) in [4.78, 5) is 0. The van der Waals surface area contributed by atoms with Gasteiger partial charge in [0.05, 0.1) is 12.3 Å². The van der Waals surface area contributed by atoms with Crippen molar-refractivity contribution in [2.75, 3.05) is 13.7 Å². The topological polar surface area (TPSA) is 68.5 Å². The predicted molar refractivity (Wildman–Crippen MR) is 124 cm³/mol. The van der Waals surface area contributed by atoms with E-state index < -0.39 is 6.41 Å². The van der Waals surface area contributed by atoms with Crippen molar-refractivity contribution in [2.45, 2.75) is 103 Å². The van der Waals surface area contributed by atoms with Crippen molar-refractivity contribution in [2.24, 2.45) is 35.3 Å². The average Bonchev–Trinajstić information content (AvgIpc) is 3.46. The van der Waals surface area contributed by atoms with Gasteiger partial charge in [0.2, 0.25) is 6.41 Å². The summed E-state index contributed by atoms with van der Waals surface area (Å²) in [5, 5.41) is 8.08. The van der Waals surface area contributed by atoms with Gasteiger partial charge in [-0.3, -0.25) is 16.4 Å². The highest BCUT2D eigenvalue weighted by Crippen LogP contribution is 2.47. The molecule has 1 saturated heterocycles. The zero-order valence-corrected chi connectivity index (χ0v) is 20.0. The highest BCUT2D eigenvalue weighted by molar-refractivity contribution is 5.08. The van der Waals surface area contributed by atoms with E-state index in [0.29, 0.717) is 30.5 Å². The molecule has 1 aliphatic heterocycles. The van der Waals surface area contributed by atoms with Crippen LogP contribution in [0.2, 0.25) is 0 Å². The van der Waals surface area contributed by atoms with Gasteiger partial charge in [0.15, 0.2) is 0 Å². The largest absolute Gasteiger partial charge is 0.343 e. The Hall–Kier alpha value is -0.460. The highest BCUT2D eigenvalue weighted by Gasteiger charge is 2.45. The molecule has 0 aromatic rings. The molecule has 0 aromatic heterocycles. The number of hydrogen-bond acceptors (Lipinski definition) is 5. The Morgan fingerprint density at radius 3 is 2.67 bits per heavy atom. The molecule has 174 valence electrons. The van der Waals surface area contributed by atoms with Gasteiger partial charge in [-0.25, -0.2) is 0 Å². The van der Waals surface area contributed by atoms with Crippen LogP contribution in [0.15, 0.2) is 12.2 Å². The minimum Gasteiger partial charge on any atom is -0.343 e. The molecule has 0 spiro atoms. The van der Waals surface area contributed by atoms with Crippen LogP contribution in [0.3, 0.4) is 0 Å². The normalized spacial score (nSPS) is 38.7. The van der Waals surface area contributed by atoms with Gasteiger partial charge in [-0.2, -0.15) is 0 Å². The van der Waals surface area contributed by atoms with Crippen molar-refractivity contribution >= 4 is 0 Å². The maximum atomic E-state index is 5.68. The third-order valence-electron chi connectivity index (χ3n) is 8.03. The van der Waals surface area contributed by atoms with Crippen LogP contribution in [0.1, 0.15) is 79.1 Å². The van der Waals surface area contributed by atoms with Crippen molar-refractivity contribution in [1.29, 1.82) is 0 Å². The van der Waals surface area contributed by atoms with E-state index in [9.17, 15) is 0 Å². The third-order valence-corrected chi connectivity index (χ3v) is 8.03. The molecule has 0 aromatic carbocycles. The Morgan fingerprint density at radius 1 is 1.17 bits per heavy atom. The van der Waals surface area contributed by atoms with Crippen molar-refractivity contribution in [3.63, 3.8) is 0 Å². The first-order valence-corrected chi connectivity index (χ1v) is 12.5. The minimum atomic E-state index is -0.588. The van der Waals surface area contributed by atoms with E-state index in [1.165, 1.54) is 51.4 Å². The van der Waals surface area contributed by atoms with Gasteiger partial charge in [0, 0.05) is 19.2 Å². The molecule has 3 aliphatic rings. The van der Waals surface area contributed by atoms with Crippen molar-refractivity contribution in [1.82, 2.24) is 10.6 Å².